The fourth-order valence-electron chi connectivity index (χ4n) is 4.45. The Kier molecular flexibility index (Phi) is 5.61. The van der Waals surface area contributed by atoms with Gasteiger partial charge in [-0.2, -0.15) is 0 Å². The molecule has 1 saturated carbocycles. The number of imidazole rings is 1. The van der Waals surface area contributed by atoms with E-state index in [1.807, 2.05) is 39.0 Å². The molecule has 4 rings (SSSR count). The van der Waals surface area contributed by atoms with Crippen LogP contribution in [0.1, 0.15) is 86.4 Å². The van der Waals surface area contributed by atoms with Crippen molar-refractivity contribution in [2.75, 3.05) is 0 Å². The van der Waals surface area contributed by atoms with Gasteiger partial charge >= 0.3 is 13.2 Å². The third kappa shape index (κ3) is 4.39. The molecule has 0 unspecified atom stereocenters. The summed E-state index contributed by atoms with van der Waals surface area (Å²) in [7, 11) is -0.431. The van der Waals surface area contributed by atoms with Gasteiger partial charge in [-0.25, -0.2) is 9.78 Å². The van der Waals surface area contributed by atoms with Crippen LogP contribution in [0.15, 0.2) is 18.2 Å². The van der Waals surface area contributed by atoms with E-state index in [0.717, 1.165) is 54.4 Å². The molecule has 0 spiro atoms. The topological polar surface area (TPSA) is 85.5 Å². The van der Waals surface area contributed by atoms with Crippen molar-refractivity contribution in [3.8, 4) is 0 Å². The first-order chi connectivity index (χ1) is 14.8. The zero-order valence-electron chi connectivity index (χ0n) is 20.4. The fourth-order valence-corrected chi connectivity index (χ4v) is 4.45. The Hall–Kier alpha value is -2.06. The molecule has 1 saturated heterocycles. The van der Waals surface area contributed by atoms with Crippen molar-refractivity contribution < 1.29 is 18.8 Å². The summed E-state index contributed by atoms with van der Waals surface area (Å²) in [6, 6.07) is 6.03. The van der Waals surface area contributed by atoms with Crippen molar-refractivity contribution in [3.05, 3.63) is 24.0 Å². The molecule has 2 heterocycles. The molecule has 8 heteroatoms. The fraction of sp³-hybridized carbons (Fsp3) is 0.667. The highest BCUT2D eigenvalue weighted by Crippen LogP contribution is 2.38. The van der Waals surface area contributed by atoms with E-state index in [0.29, 0.717) is 0 Å². The van der Waals surface area contributed by atoms with E-state index in [4.69, 9.17) is 19.0 Å². The van der Waals surface area contributed by atoms with E-state index < -0.39 is 35.6 Å². The van der Waals surface area contributed by atoms with Crippen molar-refractivity contribution in [2.45, 2.75) is 103 Å². The number of carbonyl (C=O) groups excluding carboxylic acids is 1. The zero-order valence-corrected chi connectivity index (χ0v) is 20.4. The van der Waals surface area contributed by atoms with E-state index >= 15 is 0 Å². The average Bonchev–Trinajstić information content (AvgIpc) is 3.18. The molecule has 7 nitrogen and oxygen atoms in total. The number of aromatic nitrogens is 2. The summed E-state index contributed by atoms with van der Waals surface area (Å²) < 4.78 is 18.0. The average molecular weight is 441 g/mol. The monoisotopic (exact) mass is 441 g/mol. The first-order valence-electron chi connectivity index (χ1n) is 11.7. The Morgan fingerprint density at radius 1 is 1.09 bits per heavy atom. The Bertz CT molecular complexity index is 986. The number of hydrogen-bond donors (Lipinski definition) is 2. The number of ether oxygens (including phenoxy) is 1. The predicted octanol–water partition coefficient (Wildman–Crippen LogP) is 4.55. The highest BCUT2D eigenvalue weighted by Gasteiger charge is 2.51. The minimum absolute atomic E-state index is 0.394. The van der Waals surface area contributed by atoms with Crippen molar-refractivity contribution in [2.24, 2.45) is 0 Å². The maximum absolute atomic E-state index is 12.7. The normalized spacial score (nSPS) is 22.2. The second kappa shape index (κ2) is 7.77. The summed E-state index contributed by atoms with van der Waals surface area (Å²) in [4.78, 5) is 21.0. The first-order valence-corrected chi connectivity index (χ1v) is 11.7. The van der Waals surface area contributed by atoms with Crippen LogP contribution in [0.3, 0.4) is 0 Å². The van der Waals surface area contributed by atoms with Gasteiger partial charge in [0.2, 0.25) is 0 Å². The van der Waals surface area contributed by atoms with Gasteiger partial charge in [-0.3, -0.25) is 0 Å². The number of alkyl carbamates (subject to hydrolysis) is 1. The number of carbonyl (C=O) groups is 1. The van der Waals surface area contributed by atoms with Crippen LogP contribution in [0.4, 0.5) is 4.79 Å². The van der Waals surface area contributed by atoms with Gasteiger partial charge < -0.3 is 24.3 Å². The van der Waals surface area contributed by atoms with E-state index in [-0.39, 0.29) is 0 Å². The van der Waals surface area contributed by atoms with Crippen LogP contribution in [0.2, 0.25) is 0 Å². The van der Waals surface area contributed by atoms with Gasteiger partial charge in [-0.1, -0.05) is 25.3 Å². The molecule has 174 valence electrons. The van der Waals surface area contributed by atoms with Gasteiger partial charge in [0.25, 0.3) is 0 Å². The lowest BCUT2D eigenvalue weighted by atomic mass is 9.79. The largest absolute Gasteiger partial charge is 0.494 e. The Balaban J connectivity index is 1.63. The van der Waals surface area contributed by atoms with Crippen LogP contribution in [0.25, 0.3) is 11.0 Å². The number of rotatable bonds is 3. The molecule has 0 atom stereocenters. The predicted molar refractivity (Wildman–Crippen MR) is 126 cm³/mol. The summed E-state index contributed by atoms with van der Waals surface area (Å²) in [6.45, 7) is 13.8. The van der Waals surface area contributed by atoms with Crippen molar-refractivity contribution in [1.29, 1.82) is 0 Å². The number of fused-ring (bicyclic) bond motifs is 1. The number of H-pyrrole nitrogens is 1. The number of nitrogens with one attached hydrogen (secondary N) is 2. The quantitative estimate of drug-likeness (QED) is 0.683. The minimum Gasteiger partial charge on any atom is -0.444 e. The number of amides is 1. The standard InChI is InChI=1S/C24H36BN3O4/c1-21(2,3)30-20(29)28-24(13-9-8-10-14-24)19-26-17-12-11-16(15-18(17)27-19)25-31-22(4,5)23(6,7)32-25/h11-12,15H,8-10,13-14H2,1-7H3,(H,26,27)(H,28,29). The van der Waals surface area contributed by atoms with Crippen molar-refractivity contribution >= 4 is 29.7 Å². The molecular formula is C24H36BN3O4. The maximum Gasteiger partial charge on any atom is 0.494 e. The van der Waals surface area contributed by atoms with Crippen LogP contribution in [-0.4, -0.2) is 40.0 Å². The zero-order chi connectivity index (χ0) is 23.4. The molecule has 1 aliphatic carbocycles. The molecule has 1 amide bonds. The number of nitrogens with zero attached hydrogens (tertiary/aromatic N) is 1. The van der Waals surface area contributed by atoms with Gasteiger partial charge in [0, 0.05) is 0 Å². The van der Waals surface area contributed by atoms with Gasteiger partial charge in [0.1, 0.15) is 17.0 Å². The lowest BCUT2D eigenvalue weighted by molar-refractivity contribution is 0.00578. The summed E-state index contributed by atoms with van der Waals surface area (Å²) in [5, 5.41) is 3.15. The summed E-state index contributed by atoms with van der Waals surface area (Å²) >= 11 is 0. The molecule has 2 aromatic rings. The highest BCUT2D eigenvalue weighted by atomic mass is 16.7. The van der Waals surface area contributed by atoms with E-state index in [9.17, 15) is 4.79 Å². The van der Waals surface area contributed by atoms with E-state index in [1.165, 1.54) is 0 Å². The van der Waals surface area contributed by atoms with E-state index in [1.54, 1.807) is 0 Å². The second-order valence-corrected chi connectivity index (χ2v) is 11.2. The first kappa shape index (κ1) is 23.1. The van der Waals surface area contributed by atoms with Crippen LogP contribution >= 0.6 is 0 Å². The molecule has 0 radical (unpaired) electrons. The third-order valence-corrected chi connectivity index (χ3v) is 6.93. The Labute approximate surface area is 191 Å². The highest BCUT2D eigenvalue weighted by molar-refractivity contribution is 6.62. The number of benzene rings is 1. The molecule has 2 fully saturated rings. The lowest BCUT2D eigenvalue weighted by Crippen LogP contribution is -2.49. The number of aromatic amines is 1. The molecule has 2 aliphatic rings. The minimum atomic E-state index is -0.551. The van der Waals surface area contributed by atoms with Crippen LogP contribution in [0, 0.1) is 0 Å². The molecule has 1 aromatic carbocycles. The van der Waals surface area contributed by atoms with E-state index in [2.05, 4.69) is 38.0 Å². The molecule has 1 aromatic heterocycles. The van der Waals surface area contributed by atoms with Gasteiger partial charge in [-0.05, 0) is 78.9 Å². The van der Waals surface area contributed by atoms with Crippen LogP contribution in [-0.2, 0) is 19.6 Å². The Morgan fingerprint density at radius 3 is 2.31 bits per heavy atom. The van der Waals surface area contributed by atoms with Crippen molar-refractivity contribution in [1.82, 2.24) is 15.3 Å². The van der Waals surface area contributed by atoms with Crippen molar-refractivity contribution in [3.63, 3.8) is 0 Å². The molecule has 0 bridgehead atoms. The summed E-state index contributed by atoms with van der Waals surface area (Å²) in [6.07, 6.45) is 4.48. The van der Waals surface area contributed by atoms with Gasteiger partial charge in [-0.15, -0.1) is 0 Å². The van der Waals surface area contributed by atoms with Crippen LogP contribution in [0.5, 0.6) is 0 Å². The molecule has 1 aliphatic heterocycles. The summed E-state index contributed by atoms with van der Waals surface area (Å²) in [5.74, 6) is 0.782. The van der Waals surface area contributed by atoms with Crippen LogP contribution < -0.4 is 10.8 Å². The van der Waals surface area contributed by atoms with Gasteiger partial charge in [0.05, 0.1) is 22.2 Å². The molecular weight excluding hydrogens is 405 g/mol. The summed E-state index contributed by atoms with van der Waals surface area (Å²) in [5.41, 5.74) is 0.823. The molecule has 32 heavy (non-hydrogen) atoms. The second-order valence-electron chi connectivity index (χ2n) is 11.2. The maximum atomic E-state index is 12.7. The van der Waals surface area contributed by atoms with Gasteiger partial charge in [0.15, 0.2) is 0 Å². The SMILES string of the molecule is CC(C)(C)OC(=O)NC1(c2nc3ccc(B4OC(C)(C)C(C)(C)O4)cc3[nH]2)CCCCC1. The lowest BCUT2D eigenvalue weighted by Gasteiger charge is -2.36. The Morgan fingerprint density at radius 2 is 1.72 bits per heavy atom. The smallest absolute Gasteiger partial charge is 0.444 e. The molecule has 2 N–H and O–H groups in total. The third-order valence-electron chi connectivity index (χ3n) is 6.93. The number of hydrogen-bond acceptors (Lipinski definition) is 5.